The molecule has 0 fully saturated rings. The molecule has 7 nitrogen and oxygen atoms in total. The van der Waals surface area contributed by atoms with Crippen LogP contribution in [0.4, 0.5) is 5.69 Å². The molecule has 2 aromatic carbocycles. The van der Waals surface area contributed by atoms with Crippen molar-refractivity contribution in [3.8, 4) is 17.6 Å². The van der Waals surface area contributed by atoms with Gasteiger partial charge in [0.2, 0.25) is 0 Å². The van der Waals surface area contributed by atoms with Gasteiger partial charge in [-0.1, -0.05) is 30.2 Å². The first kappa shape index (κ1) is 22.5. The predicted molar refractivity (Wildman–Crippen MR) is 123 cm³/mol. The van der Waals surface area contributed by atoms with Crippen molar-refractivity contribution >= 4 is 17.9 Å². The summed E-state index contributed by atoms with van der Waals surface area (Å²) in [6.45, 7) is 2.55. The van der Waals surface area contributed by atoms with Gasteiger partial charge in [-0.15, -0.1) is 5.92 Å². The number of carbonyl (C=O) groups is 1. The van der Waals surface area contributed by atoms with Crippen LogP contribution in [0.3, 0.4) is 0 Å². The maximum Gasteiger partial charge on any atom is 0.304 e. The van der Waals surface area contributed by atoms with E-state index in [1.165, 1.54) is 6.21 Å². The van der Waals surface area contributed by atoms with Crippen molar-refractivity contribution in [2.45, 2.75) is 32.4 Å². The number of ether oxygens (including phenoxy) is 1. The van der Waals surface area contributed by atoms with Gasteiger partial charge in [-0.05, 0) is 36.2 Å². The monoisotopic (exact) mass is 428 g/mol. The van der Waals surface area contributed by atoms with E-state index in [-0.39, 0.29) is 12.3 Å². The molecule has 162 valence electrons. The van der Waals surface area contributed by atoms with Crippen LogP contribution in [-0.2, 0) is 17.9 Å². The molecule has 3 N–H and O–H groups in total. The molecule has 7 heteroatoms. The van der Waals surface area contributed by atoms with E-state index in [4.69, 9.17) is 15.3 Å². The molecule has 0 radical (unpaired) electrons. The van der Waals surface area contributed by atoms with Crippen LogP contribution in [-0.4, -0.2) is 27.3 Å². The van der Waals surface area contributed by atoms with E-state index in [1.807, 2.05) is 42.5 Å². The lowest BCUT2D eigenvalue weighted by atomic mass is 9.96. The van der Waals surface area contributed by atoms with Crippen LogP contribution in [0.5, 0.6) is 5.75 Å². The first-order valence-electron chi connectivity index (χ1n) is 10.1. The van der Waals surface area contributed by atoms with Gasteiger partial charge in [0.25, 0.3) is 0 Å². The lowest BCUT2D eigenvalue weighted by Crippen LogP contribution is -2.06. The summed E-state index contributed by atoms with van der Waals surface area (Å²) in [5, 5.41) is 20.0. The van der Waals surface area contributed by atoms with Crippen LogP contribution in [0.25, 0.3) is 0 Å². The van der Waals surface area contributed by atoms with Crippen molar-refractivity contribution in [1.29, 1.82) is 5.41 Å². The number of carboxylic acid groups (broad SMARTS) is 1. The minimum absolute atomic E-state index is 0.0370. The Hall–Kier alpha value is -4.18. The molecule has 3 rings (SSSR count). The Labute approximate surface area is 187 Å². The Morgan fingerprint density at radius 2 is 2.06 bits per heavy atom. The fourth-order valence-corrected chi connectivity index (χ4v) is 3.14. The zero-order valence-corrected chi connectivity index (χ0v) is 17.7. The van der Waals surface area contributed by atoms with Crippen molar-refractivity contribution in [2.75, 3.05) is 5.32 Å². The molecule has 0 saturated carbocycles. The number of carboxylic acids is 1. The van der Waals surface area contributed by atoms with Gasteiger partial charge in [0.05, 0.1) is 30.8 Å². The quantitative estimate of drug-likeness (QED) is 0.329. The molecular formula is C25H24N4O3. The van der Waals surface area contributed by atoms with E-state index < -0.39 is 5.97 Å². The third kappa shape index (κ3) is 6.41. The number of aliphatic carboxylic acids is 1. The van der Waals surface area contributed by atoms with Gasteiger partial charge < -0.3 is 20.6 Å². The van der Waals surface area contributed by atoms with Crippen molar-refractivity contribution < 1.29 is 14.6 Å². The SMILES string of the molecule is CC#C[C@@H](CC(=O)O)c1ccc(OCc2ccc(C=N)c(NCc3cnccn3)c2)cc1. The first-order chi connectivity index (χ1) is 15.6. The summed E-state index contributed by atoms with van der Waals surface area (Å²) in [4.78, 5) is 19.4. The zero-order valence-electron chi connectivity index (χ0n) is 17.7. The van der Waals surface area contributed by atoms with Crippen molar-refractivity contribution in [3.63, 3.8) is 0 Å². The van der Waals surface area contributed by atoms with Crippen molar-refractivity contribution in [2.24, 2.45) is 0 Å². The minimum atomic E-state index is -0.879. The van der Waals surface area contributed by atoms with Crippen LogP contribution >= 0.6 is 0 Å². The lowest BCUT2D eigenvalue weighted by molar-refractivity contribution is -0.137. The van der Waals surface area contributed by atoms with Crippen molar-refractivity contribution in [3.05, 3.63) is 83.4 Å². The number of nitrogens with zero attached hydrogens (tertiary/aromatic N) is 2. The minimum Gasteiger partial charge on any atom is -0.489 e. The van der Waals surface area contributed by atoms with Crippen LogP contribution in [0.1, 0.15) is 41.6 Å². The summed E-state index contributed by atoms with van der Waals surface area (Å²) in [5.41, 5.74) is 4.18. The Kier molecular flexibility index (Phi) is 7.93. The van der Waals surface area contributed by atoms with Crippen LogP contribution < -0.4 is 10.1 Å². The summed E-state index contributed by atoms with van der Waals surface area (Å²) in [7, 11) is 0. The molecule has 0 unspecified atom stereocenters. The molecule has 0 amide bonds. The van der Waals surface area contributed by atoms with E-state index in [2.05, 4.69) is 27.1 Å². The number of hydrogen-bond acceptors (Lipinski definition) is 6. The highest BCUT2D eigenvalue weighted by Crippen LogP contribution is 2.23. The van der Waals surface area contributed by atoms with Gasteiger partial charge in [0, 0.05) is 29.9 Å². The second-order valence-electron chi connectivity index (χ2n) is 7.02. The first-order valence-corrected chi connectivity index (χ1v) is 10.1. The topological polar surface area (TPSA) is 108 Å². The molecule has 1 atom stereocenters. The van der Waals surface area contributed by atoms with Crippen LogP contribution in [0.15, 0.2) is 61.1 Å². The molecule has 1 heterocycles. The molecule has 32 heavy (non-hydrogen) atoms. The zero-order chi connectivity index (χ0) is 22.8. The Balaban J connectivity index is 1.65. The van der Waals surface area contributed by atoms with Crippen molar-refractivity contribution in [1.82, 2.24) is 9.97 Å². The number of benzene rings is 2. The van der Waals surface area contributed by atoms with Gasteiger partial charge in [-0.3, -0.25) is 14.8 Å². The Morgan fingerprint density at radius 1 is 1.25 bits per heavy atom. The second-order valence-corrected chi connectivity index (χ2v) is 7.02. The predicted octanol–water partition coefficient (Wildman–Crippen LogP) is 4.25. The Bertz CT molecular complexity index is 1120. The normalized spacial score (nSPS) is 11.0. The molecule has 0 bridgehead atoms. The summed E-state index contributed by atoms with van der Waals surface area (Å²) >= 11 is 0. The summed E-state index contributed by atoms with van der Waals surface area (Å²) in [6.07, 6.45) is 6.23. The standard InChI is InChI=1S/C25H24N4O3/c1-2-3-20(13-25(30)31)19-6-8-23(9-7-19)32-17-18-4-5-21(14-26)24(12-18)29-16-22-15-27-10-11-28-22/h4-12,14-15,20,26,29H,13,16-17H2,1H3,(H,30,31)/t20-/m0/s1. The number of anilines is 1. The van der Waals surface area contributed by atoms with E-state index >= 15 is 0 Å². The fourth-order valence-electron chi connectivity index (χ4n) is 3.14. The second kappa shape index (κ2) is 11.3. The molecule has 0 spiro atoms. The largest absolute Gasteiger partial charge is 0.489 e. The lowest BCUT2D eigenvalue weighted by Gasteiger charge is -2.13. The Morgan fingerprint density at radius 3 is 2.72 bits per heavy atom. The highest BCUT2D eigenvalue weighted by atomic mass is 16.5. The summed E-state index contributed by atoms with van der Waals surface area (Å²) in [6, 6.07) is 13.1. The molecular weight excluding hydrogens is 404 g/mol. The number of rotatable bonds is 10. The molecule has 0 aliphatic heterocycles. The molecule has 0 saturated heterocycles. The average Bonchev–Trinajstić information content (AvgIpc) is 2.82. The number of hydrogen-bond donors (Lipinski definition) is 3. The van der Waals surface area contributed by atoms with Gasteiger partial charge in [0.15, 0.2) is 0 Å². The molecule has 1 aromatic heterocycles. The average molecular weight is 428 g/mol. The van der Waals surface area contributed by atoms with E-state index in [0.717, 1.165) is 28.1 Å². The smallest absolute Gasteiger partial charge is 0.304 e. The van der Waals surface area contributed by atoms with Gasteiger partial charge >= 0.3 is 5.97 Å². The maximum absolute atomic E-state index is 11.1. The number of nitrogens with one attached hydrogen (secondary N) is 2. The summed E-state index contributed by atoms with van der Waals surface area (Å²) < 4.78 is 5.90. The molecule has 0 aliphatic rings. The number of aromatic nitrogens is 2. The summed E-state index contributed by atoms with van der Waals surface area (Å²) in [5.74, 6) is 5.19. The van der Waals surface area contributed by atoms with E-state index in [1.54, 1.807) is 25.5 Å². The van der Waals surface area contributed by atoms with Gasteiger partial charge in [-0.2, -0.15) is 0 Å². The van der Waals surface area contributed by atoms with Crippen LogP contribution in [0, 0.1) is 17.3 Å². The highest BCUT2D eigenvalue weighted by Gasteiger charge is 2.13. The van der Waals surface area contributed by atoms with Gasteiger partial charge in [-0.25, -0.2) is 0 Å². The van der Waals surface area contributed by atoms with E-state index in [0.29, 0.717) is 18.9 Å². The molecule has 3 aromatic rings. The highest BCUT2D eigenvalue weighted by molar-refractivity contribution is 5.86. The fraction of sp³-hybridized carbons (Fsp3) is 0.200. The third-order valence-electron chi connectivity index (χ3n) is 4.74. The maximum atomic E-state index is 11.1. The third-order valence-corrected chi connectivity index (χ3v) is 4.74. The van der Waals surface area contributed by atoms with E-state index in [9.17, 15) is 4.79 Å². The van der Waals surface area contributed by atoms with Gasteiger partial charge in [0.1, 0.15) is 12.4 Å². The van der Waals surface area contributed by atoms with Crippen LogP contribution in [0.2, 0.25) is 0 Å². The molecule has 0 aliphatic carbocycles.